The van der Waals surface area contributed by atoms with Gasteiger partial charge in [-0.1, -0.05) is 6.92 Å². The first-order valence-corrected chi connectivity index (χ1v) is 5.67. The molecule has 5 rings (SSSR count). The third-order valence-electron chi connectivity index (χ3n) is 4.54. The SMILES string of the molecule is CCC12CN3CCC1CC3[C@H](C)O2. The number of rotatable bonds is 1. The molecule has 0 aromatic carbocycles. The zero-order valence-corrected chi connectivity index (χ0v) is 8.62. The fourth-order valence-electron chi connectivity index (χ4n) is 3.75. The van der Waals surface area contributed by atoms with Gasteiger partial charge in [0.2, 0.25) is 0 Å². The molecule has 0 spiro atoms. The third-order valence-corrected chi connectivity index (χ3v) is 4.54. The van der Waals surface area contributed by atoms with Gasteiger partial charge in [0.15, 0.2) is 0 Å². The lowest BCUT2D eigenvalue weighted by Gasteiger charge is -2.63. The summed E-state index contributed by atoms with van der Waals surface area (Å²) < 4.78 is 6.21. The fraction of sp³-hybridized carbons (Fsp3) is 1.00. The quantitative estimate of drug-likeness (QED) is 0.610. The minimum absolute atomic E-state index is 0.242. The standard InChI is InChI=1S/C11H19NO/c1-3-11-7-12-5-4-9(11)6-10(12)8(2)13-11/h8-10H,3-7H2,1-2H3/t8-,9?,10?,11?/m0/s1. The van der Waals surface area contributed by atoms with Gasteiger partial charge in [0.25, 0.3) is 0 Å². The molecule has 5 atom stereocenters. The first kappa shape index (κ1) is 8.25. The lowest BCUT2D eigenvalue weighted by Crippen LogP contribution is -2.72. The van der Waals surface area contributed by atoms with Crippen LogP contribution in [-0.2, 0) is 4.74 Å². The van der Waals surface area contributed by atoms with E-state index in [2.05, 4.69) is 18.7 Å². The summed E-state index contributed by atoms with van der Waals surface area (Å²) >= 11 is 0. The Morgan fingerprint density at radius 2 is 2.38 bits per heavy atom. The second-order valence-corrected chi connectivity index (χ2v) is 5.00. The Kier molecular flexibility index (Phi) is 1.58. The maximum Gasteiger partial charge on any atom is 0.0839 e. The molecule has 13 heavy (non-hydrogen) atoms. The summed E-state index contributed by atoms with van der Waals surface area (Å²) in [6, 6.07) is 0.743. The minimum Gasteiger partial charge on any atom is -0.369 e. The van der Waals surface area contributed by atoms with Gasteiger partial charge < -0.3 is 4.74 Å². The largest absolute Gasteiger partial charge is 0.369 e. The molecule has 4 bridgehead atoms. The van der Waals surface area contributed by atoms with Crippen LogP contribution in [0.15, 0.2) is 0 Å². The van der Waals surface area contributed by atoms with E-state index in [1.165, 1.54) is 32.4 Å². The van der Waals surface area contributed by atoms with Crippen molar-refractivity contribution >= 4 is 0 Å². The van der Waals surface area contributed by atoms with Crippen LogP contribution in [0.5, 0.6) is 0 Å². The highest BCUT2D eigenvalue weighted by atomic mass is 16.5. The zero-order valence-electron chi connectivity index (χ0n) is 8.62. The van der Waals surface area contributed by atoms with Crippen molar-refractivity contribution < 1.29 is 4.74 Å². The topological polar surface area (TPSA) is 12.5 Å². The van der Waals surface area contributed by atoms with Crippen molar-refractivity contribution in [2.45, 2.75) is 50.9 Å². The van der Waals surface area contributed by atoms with Crippen LogP contribution in [0.3, 0.4) is 0 Å². The van der Waals surface area contributed by atoms with Crippen LogP contribution in [0.25, 0.3) is 0 Å². The van der Waals surface area contributed by atoms with Crippen molar-refractivity contribution in [3.8, 4) is 0 Å². The lowest BCUT2D eigenvalue weighted by atomic mass is 9.67. The Bertz CT molecular complexity index is 226. The highest BCUT2D eigenvalue weighted by molar-refractivity contribution is 5.08. The van der Waals surface area contributed by atoms with E-state index >= 15 is 0 Å². The van der Waals surface area contributed by atoms with Gasteiger partial charge in [-0.15, -0.1) is 0 Å². The minimum atomic E-state index is 0.242. The van der Waals surface area contributed by atoms with Crippen molar-refractivity contribution in [2.75, 3.05) is 13.1 Å². The van der Waals surface area contributed by atoms with E-state index in [1.807, 2.05) is 0 Å². The molecule has 4 unspecified atom stereocenters. The molecule has 0 aromatic rings. The van der Waals surface area contributed by atoms with E-state index in [-0.39, 0.29) is 5.60 Å². The van der Waals surface area contributed by atoms with Crippen molar-refractivity contribution in [1.29, 1.82) is 0 Å². The summed E-state index contributed by atoms with van der Waals surface area (Å²) in [4.78, 5) is 2.66. The Balaban J connectivity index is 1.97. The number of morpholine rings is 1. The maximum atomic E-state index is 6.21. The summed E-state index contributed by atoms with van der Waals surface area (Å²) in [5, 5.41) is 0. The molecule has 0 radical (unpaired) electrons. The Labute approximate surface area is 80.2 Å². The lowest BCUT2D eigenvalue weighted by molar-refractivity contribution is -0.266. The van der Waals surface area contributed by atoms with Gasteiger partial charge in [-0.05, 0) is 38.6 Å². The second kappa shape index (κ2) is 2.48. The number of piperidine rings is 3. The van der Waals surface area contributed by atoms with Crippen molar-refractivity contribution in [3.63, 3.8) is 0 Å². The van der Waals surface area contributed by atoms with Gasteiger partial charge in [0.1, 0.15) is 0 Å². The first-order valence-electron chi connectivity index (χ1n) is 5.67. The van der Waals surface area contributed by atoms with Crippen molar-refractivity contribution in [2.24, 2.45) is 5.92 Å². The Morgan fingerprint density at radius 3 is 3.00 bits per heavy atom. The average Bonchev–Trinajstić information content (AvgIpc) is 2.18. The predicted molar refractivity (Wildman–Crippen MR) is 51.7 cm³/mol. The van der Waals surface area contributed by atoms with E-state index < -0.39 is 0 Å². The van der Waals surface area contributed by atoms with Gasteiger partial charge in [-0.25, -0.2) is 0 Å². The second-order valence-electron chi connectivity index (χ2n) is 5.00. The van der Waals surface area contributed by atoms with E-state index in [0.29, 0.717) is 6.10 Å². The summed E-state index contributed by atoms with van der Waals surface area (Å²) in [7, 11) is 0. The fourth-order valence-corrected chi connectivity index (χ4v) is 3.75. The number of fused-ring (bicyclic) bond motifs is 2. The molecule has 0 saturated carbocycles. The first-order chi connectivity index (χ1) is 6.25. The number of hydrogen-bond acceptors (Lipinski definition) is 2. The summed E-state index contributed by atoms with van der Waals surface area (Å²) in [6.07, 6.45) is 4.45. The summed E-state index contributed by atoms with van der Waals surface area (Å²) in [5.74, 6) is 0.865. The van der Waals surface area contributed by atoms with Gasteiger partial charge in [-0.2, -0.15) is 0 Å². The molecular formula is C11H19NO. The van der Waals surface area contributed by atoms with E-state index in [1.54, 1.807) is 0 Å². The Hall–Kier alpha value is -0.0800. The molecule has 0 aromatic heterocycles. The summed E-state index contributed by atoms with van der Waals surface area (Å²) in [5.41, 5.74) is 0.242. The van der Waals surface area contributed by atoms with Gasteiger partial charge in [0, 0.05) is 12.6 Å². The smallest absolute Gasteiger partial charge is 0.0839 e. The molecule has 2 heteroatoms. The average molecular weight is 181 g/mol. The summed E-state index contributed by atoms with van der Waals surface area (Å²) in [6.45, 7) is 7.08. The van der Waals surface area contributed by atoms with Gasteiger partial charge in [0.05, 0.1) is 11.7 Å². The van der Waals surface area contributed by atoms with Gasteiger partial charge in [-0.3, -0.25) is 4.90 Å². The molecule has 5 aliphatic rings. The molecular weight excluding hydrogens is 162 g/mol. The van der Waals surface area contributed by atoms with E-state index in [0.717, 1.165) is 12.0 Å². The highest BCUT2D eigenvalue weighted by Crippen LogP contribution is 2.49. The van der Waals surface area contributed by atoms with Crippen LogP contribution < -0.4 is 0 Å². The molecule has 5 heterocycles. The van der Waals surface area contributed by atoms with Crippen molar-refractivity contribution in [1.82, 2.24) is 4.90 Å². The third kappa shape index (κ3) is 0.909. The molecule has 5 saturated heterocycles. The van der Waals surface area contributed by atoms with Crippen LogP contribution in [0.1, 0.15) is 33.1 Å². The normalized spacial score (nSPS) is 58.6. The van der Waals surface area contributed by atoms with Crippen LogP contribution in [0.2, 0.25) is 0 Å². The number of hydrogen-bond donors (Lipinski definition) is 0. The predicted octanol–water partition coefficient (Wildman–Crippen LogP) is 1.65. The molecule has 0 aliphatic carbocycles. The molecule has 2 nitrogen and oxygen atoms in total. The molecule has 5 fully saturated rings. The molecule has 0 amide bonds. The highest BCUT2D eigenvalue weighted by Gasteiger charge is 2.56. The number of ether oxygens (including phenoxy) is 1. The molecule has 5 aliphatic heterocycles. The maximum absolute atomic E-state index is 6.21. The zero-order chi connectivity index (χ0) is 9.05. The molecule has 74 valence electrons. The Morgan fingerprint density at radius 1 is 1.54 bits per heavy atom. The number of nitrogens with zero attached hydrogens (tertiary/aromatic N) is 1. The monoisotopic (exact) mass is 181 g/mol. The van der Waals surface area contributed by atoms with E-state index in [4.69, 9.17) is 4.74 Å². The van der Waals surface area contributed by atoms with Crippen LogP contribution in [0, 0.1) is 5.92 Å². The molecule has 0 N–H and O–H groups in total. The van der Waals surface area contributed by atoms with Crippen molar-refractivity contribution in [3.05, 3.63) is 0 Å². The van der Waals surface area contributed by atoms with Gasteiger partial charge >= 0.3 is 0 Å². The van der Waals surface area contributed by atoms with Crippen LogP contribution in [-0.4, -0.2) is 35.7 Å². The van der Waals surface area contributed by atoms with E-state index in [9.17, 15) is 0 Å². The van der Waals surface area contributed by atoms with Crippen LogP contribution >= 0.6 is 0 Å². The van der Waals surface area contributed by atoms with Crippen LogP contribution in [0.4, 0.5) is 0 Å².